The number of rotatable bonds is 3. The van der Waals surface area contributed by atoms with Crippen molar-refractivity contribution >= 4 is 12.6 Å². The first-order chi connectivity index (χ1) is 9.47. The van der Waals surface area contributed by atoms with E-state index in [4.69, 9.17) is 0 Å². The van der Waals surface area contributed by atoms with Gasteiger partial charge < -0.3 is 0 Å². The van der Waals surface area contributed by atoms with E-state index >= 15 is 0 Å². The van der Waals surface area contributed by atoms with E-state index in [0.29, 0.717) is 12.6 Å². The average Bonchev–Trinajstić information content (AvgIpc) is 2.45. The average molecular weight is 278 g/mol. The van der Waals surface area contributed by atoms with Gasteiger partial charge in [-0.2, -0.15) is 13.2 Å². The van der Waals surface area contributed by atoms with Gasteiger partial charge in [0.05, 0.1) is 5.56 Å². The second-order valence-corrected chi connectivity index (χ2v) is 4.12. The Labute approximate surface area is 112 Å². The molecule has 0 saturated carbocycles. The Morgan fingerprint density at radius 1 is 0.850 bits per heavy atom. The van der Waals surface area contributed by atoms with Crippen molar-refractivity contribution in [2.45, 2.75) is 6.18 Å². The Hall–Kier alpha value is -2.43. The summed E-state index contributed by atoms with van der Waals surface area (Å²) in [5.41, 5.74) is -0.357. The maximum atomic E-state index is 12.9. The molecule has 0 heterocycles. The highest BCUT2D eigenvalue weighted by Crippen LogP contribution is 2.37. The molecular formula is C15H9F3O2. The Morgan fingerprint density at radius 3 is 2.10 bits per heavy atom. The molecule has 2 aromatic rings. The first kappa shape index (κ1) is 14.0. The fraction of sp³-hybridized carbons (Fsp3) is 0.0667. The number of alkyl halides is 3. The normalized spacial score (nSPS) is 11.2. The van der Waals surface area contributed by atoms with Gasteiger partial charge in [0, 0.05) is 11.1 Å². The van der Waals surface area contributed by atoms with Gasteiger partial charge in [-0.25, -0.2) is 0 Å². The summed E-state index contributed by atoms with van der Waals surface area (Å²) in [5.74, 6) is 0. The van der Waals surface area contributed by atoms with Crippen molar-refractivity contribution in [1.82, 2.24) is 0 Å². The van der Waals surface area contributed by atoms with Crippen LogP contribution in [0.3, 0.4) is 0 Å². The van der Waals surface area contributed by atoms with Gasteiger partial charge in [0.15, 0.2) is 12.6 Å². The highest BCUT2D eigenvalue weighted by atomic mass is 19.4. The van der Waals surface area contributed by atoms with E-state index < -0.39 is 11.7 Å². The number of benzene rings is 2. The van der Waals surface area contributed by atoms with Gasteiger partial charge in [0.1, 0.15) is 0 Å². The van der Waals surface area contributed by atoms with E-state index in [-0.39, 0.29) is 22.3 Å². The van der Waals surface area contributed by atoms with Gasteiger partial charge in [-0.05, 0) is 23.3 Å². The van der Waals surface area contributed by atoms with E-state index in [0.717, 1.165) is 6.07 Å². The number of hydrogen-bond acceptors (Lipinski definition) is 2. The molecule has 0 aliphatic rings. The molecule has 0 saturated heterocycles. The van der Waals surface area contributed by atoms with Crippen LogP contribution in [0.25, 0.3) is 11.1 Å². The quantitative estimate of drug-likeness (QED) is 0.795. The minimum absolute atomic E-state index is 0.0273. The lowest BCUT2D eigenvalue weighted by atomic mass is 9.96. The number of aldehydes is 2. The predicted molar refractivity (Wildman–Crippen MR) is 67.7 cm³/mol. The second-order valence-electron chi connectivity index (χ2n) is 4.12. The molecule has 0 N–H and O–H groups in total. The van der Waals surface area contributed by atoms with Gasteiger partial charge in [-0.3, -0.25) is 9.59 Å². The Balaban J connectivity index is 2.63. The van der Waals surface area contributed by atoms with E-state index in [2.05, 4.69) is 0 Å². The maximum Gasteiger partial charge on any atom is 0.417 e. The third-order valence-electron chi connectivity index (χ3n) is 2.88. The summed E-state index contributed by atoms with van der Waals surface area (Å²) in [4.78, 5) is 21.6. The van der Waals surface area contributed by atoms with Crippen LogP contribution in [0.1, 0.15) is 26.3 Å². The van der Waals surface area contributed by atoms with Crippen LogP contribution < -0.4 is 0 Å². The molecule has 0 radical (unpaired) electrons. The molecule has 0 aromatic heterocycles. The molecule has 0 atom stereocenters. The molecule has 0 fully saturated rings. The smallest absolute Gasteiger partial charge is 0.298 e. The summed E-state index contributed by atoms with van der Waals surface area (Å²) in [6.07, 6.45) is -3.55. The number of hydrogen-bond donors (Lipinski definition) is 0. The zero-order valence-electron chi connectivity index (χ0n) is 10.1. The summed E-state index contributed by atoms with van der Waals surface area (Å²) in [6, 6.07) is 9.09. The van der Waals surface area contributed by atoms with Crippen molar-refractivity contribution in [3.8, 4) is 11.1 Å². The lowest BCUT2D eigenvalue weighted by Crippen LogP contribution is -2.07. The molecule has 0 aliphatic carbocycles. The third kappa shape index (κ3) is 2.61. The van der Waals surface area contributed by atoms with Crippen LogP contribution in [-0.2, 0) is 6.18 Å². The van der Waals surface area contributed by atoms with Crippen molar-refractivity contribution in [3.63, 3.8) is 0 Å². The SMILES string of the molecule is O=Cc1ccc(-c2ccccc2C(F)(F)F)cc1C=O. The monoisotopic (exact) mass is 278 g/mol. The highest BCUT2D eigenvalue weighted by molar-refractivity contribution is 5.92. The van der Waals surface area contributed by atoms with Gasteiger partial charge >= 0.3 is 6.18 Å². The Morgan fingerprint density at radius 2 is 1.50 bits per heavy atom. The van der Waals surface area contributed by atoms with Gasteiger partial charge in [-0.1, -0.05) is 30.3 Å². The Bertz CT molecular complexity index is 660. The third-order valence-corrected chi connectivity index (χ3v) is 2.88. The topological polar surface area (TPSA) is 34.1 Å². The number of halogens is 3. The molecule has 0 bridgehead atoms. The lowest BCUT2D eigenvalue weighted by molar-refractivity contribution is -0.137. The lowest BCUT2D eigenvalue weighted by Gasteiger charge is -2.13. The van der Waals surface area contributed by atoms with Crippen molar-refractivity contribution in [2.75, 3.05) is 0 Å². The minimum Gasteiger partial charge on any atom is -0.298 e. The molecule has 2 aromatic carbocycles. The van der Waals surface area contributed by atoms with Crippen LogP contribution in [0.4, 0.5) is 13.2 Å². The first-order valence-corrected chi connectivity index (χ1v) is 5.68. The molecule has 102 valence electrons. The van der Waals surface area contributed by atoms with Crippen LogP contribution in [0.15, 0.2) is 42.5 Å². The molecule has 2 rings (SSSR count). The fourth-order valence-corrected chi connectivity index (χ4v) is 1.93. The van der Waals surface area contributed by atoms with Crippen LogP contribution in [-0.4, -0.2) is 12.6 Å². The van der Waals surface area contributed by atoms with Gasteiger partial charge in [0.2, 0.25) is 0 Å². The summed E-state index contributed by atoms with van der Waals surface area (Å²) < 4.78 is 38.8. The summed E-state index contributed by atoms with van der Waals surface area (Å²) in [7, 11) is 0. The second kappa shape index (κ2) is 5.28. The summed E-state index contributed by atoms with van der Waals surface area (Å²) in [5, 5.41) is 0. The molecule has 20 heavy (non-hydrogen) atoms. The number of carbonyl (C=O) groups is 2. The predicted octanol–water partition coefficient (Wildman–Crippen LogP) is 4.00. The molecular weight excluding hydrogens is 269 g/mol. The first-order valence-electron chi connectivity index (χ1n) is 5.68. The zero-order valence-corrected chi connectivity index (χ0v) is 10.1. The van der Waals surface area contributed by atoms with E-state index in [9.17, 15) is 22.8 Å². The molecule has 2 nitrogen and oxygen atoms in total. The van der Waals surface area contributed by atoms with E-state index in [1.165, 1.54) is 36.4 Å². The fourth-order valence-electron chi connectivity index (χ4n) is 1.93. The minimum atomic E-state index is -4.48. The van der Waals surface area contributed by atoms with Gasteiger partial charge in [-0.15, -0.1) is 0 Å². The Kier molecular flexibility index (Phi) is 3.70. The summed E-state index contributed by atoms with van der Waals surface area (Å²) in [6.45, 7) is 0. The molecule has 5 heteroatoms. The van der Waals surface area contributed by atoms with E-state index in [1.807, 2.05) is 0 Å². The van der Waals surface area contributed by atoms with Crippen molar-refractivity contribution in [2.24, 2.45) is 0 Å². The summed E-state index contributed by atoms with van der Waals surface area (Å²) >= 11 is 0. The van der Waals surface area contributed by atoms with Crippen molar-refractivity contribution < 1.29 is 22.8 Å². The van der Waals surface area contributed by atoms with Crippen LogP contribution in [0.5, 0.6) is 0 Å². The molecule has 0 unspecified atom stereocenters. The largest absolute Gasteiger partial charge is 0.417 e. The maximum absolute atomic E-state index is 12.9. The van der Waals surface area contributed by atoms with Gasteiger partial charge in [0.25, 0.3) is 0 Å². The molecule has 0 spiro atoms. The van der Waals surface area contributed by atoms with Crippen molar-refractivity contribution in [1.29, 1.82) is 0 Å². The molecule has 0 amide bonds. The molecule has 0 aliphatic heterocycles. The zero-order chi connectivity index (χ0) is 14.8. The highest BCUT2D eigenvalue weighted by Gasteiger charge is 2.33. The van der Waals surface area contributed by atoms with Crippen LogP contribution >= 0.6 is 0 Å². The van der Waals surface area contributed by atoms with Crippen LogP contribution in [0, 0.1) is 0 Å². The standard InChI is InChI=1S/C15H9F3O2/c16-15(17,18)14-4-2-1-3-13(14)10-5-6-11(8-19)12(7-10)9-20/h1-9H. The van der Waals surface area contributed by atoms with Crippen LogP contribution in [0.2, 0.25) is 0 Å². The number of carbonyl (C=O) groups excluding carboxylic acids is 2. The van der Waals surface area contributed by atoms with E-state index in [1.54, 1.807) is 0 Å². The van der Waals surface area contributed by atoms with Crippen molar-refractivity contribution in [3.05, 3.63) is 59.2 Å².